The zero-order valence-electron chi connectivity index (χ0n) is 23.6. The number of rotatable bonds is 9. The molecule has 0 radical (unpaired) electrons. The molecule has 2 aromatic carbocycles. The molecule has 0 saturated carbocycles. The van der Waals surface area contributed by atoms with Crippen LogP contribution >= 0.6 is 0 Å². The molecule has 222 valence electrons. The lowest BCUT2D eigenvalue weighted by molar-refractivity contribution is -0.288. The largest absolute Gasteiger partial charge is 0.463 e. The Morgan fingerprint density at radius 2 is 1.45 bits per heavy atom. The summed E-state index contributed by atoms with van der Waals surface area (Å²) in [5.74, 6) is -3.27. The minimum absolute atomic E-state index is 0.0182. The Morgan fingerprint density at radius 1 is 0.833 bits per heavy atom. The van der Waals surface area contributed by atoms with E-state index in [0.29, 0.717) is 16.7 Å². The highest BCUT2D eigenvalue weighted by Crippen LogP contribution is 2.33. The van der Waals surface area contributed by atoms with Crippen molar-refractivity contribution in [3.05, 3.63) is 53.6 Å². The zero-order valence-corrected chi connectivity index (χ0v) is 23.6. The van der Waals surface area contributed by atoms with E-state index in [1.54, 1.807) is 30.3 Å². The second kappa shape index (κ2) is 14.1. The highest BCUT2D eigenvalue weighted by molar-refractivity contribution is 5.95. The first-order chi connectivity index (χ1) is 19.9. The van der Waals surface area contributed by atoms with Gasteiger partial charge in [-0.25, -0.2) is 0 Å². The Balaban J connectivity index is 2.02. The van der Waals surface area contributed by atoms with E-state index in [2.05, 4.69) is 5.32 Å². The Bertz CT molecular complexity index is 1400. The topological polar surface area (TPSA) is 177 Å². The summed E-state index contributed by atoms with van der Waals surface area (Å²) in [6, 6.07) is 13.5. The maximum absolute atomic E-state index is 12.1. The fraction of sp³-hybridized carbons (Fsp3) is 0.379. The van der Waals surface area contributed by atoms with E-state index in [1.165, 1.54) is 19.2 Å². The van der Waals surface area contributed by atoms with Gasteiger partial charge < -0.3 is 33.7 Å². The molecule has 1 heterocycles. The molecule has 1 amide bonds. The lowest BCUT2D eigenvalue weighted by Crippen LogP contribution is -2.63. The molecular weight excluding hydrogens is 552 g/mol. The quantitative estimate of drug-likeness (QED) is 0.337. The fourth-order valence-electron chi connectivity index (χ4n) is 4.29. The van der Waals surface area contributed by atoms with Gasteiger partial charge in [0.1, 0.15) is 24.5 Å². The number of benzene rings is 2. The summed E-state index contributed by atoms with van der Waals surface area (Å²) in [7, 11) is 1.52. The van der Waals surface area contributed by atoms with Crippen molar-refractivity contribution >= 4 is 29.8 Å². The molecular formula is C29H30N2O11. The summed E-state index contributed by atoms with van der Waals surface area (Å²) in [5.41, 5.74) is 1.75. The van der Waals surface area contributed by atoms with Crippen LogP contribution in [0.25, 0.3) is 11.1 Å². The van der Waals surface area contributed by atoms with Crippen LogP contribution in [0.4, 0.5) is 0 Å². The third-order valence-electron chi connectivity index (χ3n) is 5.98. The summed E-state index contributed by atoms with van der Waals surface area (Å²) >= 11 is 0. The predicted molar refractivity (Wildman–Crippen MR) is 143 cm³/mol. The van der Waals surface area contributed by atoms with Gasteiger partial charge in [-0.2, -0.15) is 5.26 Å². The monoisotopic (exact) mass is 582 g/mol. The van der Waals surface area contributed by atoms with Crippen molar-refractivity contribution in [2.24, 2.45) is 0 Å². The number of hydrogen-bond donors (Lipinski definition) is 1. The summed E-state index contributed by atoms with van der Waals surface area (Å²) in [4.78, 5) is 59.6. The van der Waals surface area contributed by atoms with Crippen LogP contribution < -0.4 is 10.1 Å². The molecule has 13 nitrogen and oxygen atoms in total. The van der Waals surface area contributed by atoms with Crippen LogP contribution in [0.15, 0.2) is 42.5 Å². The minimum Gasteiger partial charge on any atom is -0.463 e. The van der Waals surface area contributed by atoms with Crippen molar-refractivity contribution in [2.75, 3.05) is 13.7 Å². The average Bonchev–Trinajstić information content (AvgIpc) is 2.94. The highest BCUT2D eigenvalue weighted by atomic mass is 16.7. The molecule has 3 rings (SSSR count). The van der Waals surface area contributed by atoms with Crippen LogP contribution in [-0.4, -0.2) is 74.1 Å². The second-order valence-electron chi connectivity index (χ2n) is 9.17. The van der Waals surface area contributed by atoms with Gasteiger partial charge >= 0.3 is 23.9 Å². The Kier molecular flexibility index (Phi) is 10.6. The number of esters is 4. The molecule has 0 aliphatic carbocycles. The van der Waals surface area contributed by atoms with Crippen LogP contribution in [0, 0.1) is 11.3 Å². The van der Waals surface area contributed by atoms with E-state index in [-0.39, 0.29) is 17.2 Å². The maximum atomic E-state index is 12.1. The average molecular weight is 583 g/mol. The van der Waals surface area contributed by atoms with Crippen molar-refractivity contribution in [2.45, 2.75) is 58.4 Å². The molecule has 0 spiro atoms. The van der Waals surface area contributed by atoms with Crippen LogP contribution in [0.1, 0.15) is 43.6 Å². The molecule has 1 saturated heterocycles. The third-order valence-corrected chi connectivity index (χ3v) is 5.98. The van der Waals surface area contributed by atoms with Gasteiger partial charge in [0.25, 0.3) is 5.91 Å². The Hall–Kier alpha value is -4.96. The lowest BCUT2D eigenvalue weighted by Gasteiger charge is -2.44. The highest BCUT2D eigenvalue weighted by Gasteiger charge is 2.53. The second-order valence-corrected chi connectivity index (χ2v) is 9.17. The minimum atomic E-state index is -1.50. The number of carbonyl (C=O) groups is 5. The smallest absolute Gasteiger partial charge is 0.303 e. The molecule has 1 fully saturated rings. The molecule has 1 N–H and O–H groups in total. The van der Waals surface area contributed by atoms with Gasteiger partial charge in [-0.05, 0) is 35.4 Å². The first kappa shape index (κ1) is 31.6. The van der Waals surface area contributed by atoms with Crippen LogP contribution in [-0.2, 0) is 42.9 Å². The molecule has 5 atom stereocenters. The summed E-state index contributed by atoms with van der Waals surface area (Å²) in [6.07, 6.45) is -6.94. The van der Waals surface area contributed by atoms with Gasteiger partial charge in [-0.1, -0.05) is 18.2 Å². The van der Waals surface area contributed by atoms with Crippen LogP contribution in [0.3, 0.4) is 0 Å². The van der Waals surface area contributed by atoms with Gasteiger partial charge in [0.15, 0.2) is 12.2 Å². The normalized spacial score (nSPS) is 21.2. The number of ether oxygens (including phenoxy) is 6. The van der Waals surface area contributed by atoms with Crippen molar-refractivity contribution in [3.63, 3.8) is 0 Å². The Morgan fingerprint density at radius 3 is 2.05 bits per heavy atom. The van der Waals surface area contributed by atoms with Gasteiger partial charge in [-0.3, -0.25) is 24.0 Å². The molecule has 2 aromatic rings. The first-order valence-corrected chi connectivity index (χ1v) is 12.8. The lowest BCUT2D eigenvalue weighted by atomic mass is 9.97. The van der Waals surface area contributed by atoms with Gasteiger partial charge in [-0.15, -0.1) is 0 Å². The number of carbonyl (C=O) groups excluding carboxylic acids is 5. The van der Waals surface area contributed by atoms with E-state index in [0.717, 1.165) is 27.7 Å². The van der Waals surface area contributed by atoms with Crippen molar-refractivity contribution in [3.8, 4) is 22.9 Å². The summed E-state index contributed by atoms with van der Waals surface area (Å²) in [5, 5.41) is 12.5. The molecule has 0 aromatic heterocycles. The van der Waals surface area contributed by atoms with Crippen molar-refractivity contribution in [1.82, 2.24) is 5.32 Å². The first-order valence-electron chi connectivity index (χ1n) is 12.8. The fourth-order valence-corrected chi connectivity index (χ4v) is 4.29. The zero-order chi connectivity index (χ0) is 31.0. The van der Waals surface area contributed by atoms with E-state index >= 15 is 0 Å². The maximum Gasteiger partial charge on any atom is 0.303 e. The van der Waals surface area contributed by atoms with Crippen LogP contribution in [0.2, 0.25) is 0 Å². The SMILES string of the molecule is CNC(=O)c1cccc(-c2ccc(OC3OC(COC(C)=O)C(OC(C)=O)C(OC(C)=O)C3OC(C)=O)c(C#N)c2)c1. The molecule has 5 unspecified atom stereocenters. The van der Waals surface area contributed by atoms with Crippen molar-refractivity contribution < 1.29 is 52.4 Å². The Labute approximate surface area is 241 Å². The van der Waals surface area contributed by atoms with Gasteiger partial charge in [0, 0.05) is 40.3 Å². The molecule has 0 bridgehead atoms. The molecule has 1 aliphatic heterocycles. The van der Waals surface area contributed by atoms with Gasteiger partial charge in [0.05, 0.1) is 5.56 Å². The predicted octanol–water partition coefficient (Wildman–Crippen LogP) is 2.05. The molecule has 42 heavy (non-hydrogen) atoms. The number of nitrogens with one attached hydrogen (secondary N) is 1. The molecule has 1 aliphatic rings. The van der Waals surface area contributed by atoms with Crippen molar-refractivity contribution in [1.29, 1.82) is 5.26 Å². The van der Waals surface area contributed by atoms with Gasteiger partial charge in [0.2, 0.25) is 12.4 Å². The number of amides is 1. The third kappa shape index (κ3) is 8.05. The standard InChI is InChI=1S/C29H30N2O11/c1-15(32)37-14-24-25(38-16(2)33)26(39-17(3)34)27(40-18(4)35)29(42-24)41-23-10-9-20(12-22(23)13-30)19-7-6-8-21(11-19)28(36)31-5/h6-12,24-27,29H,14H2,1-5H3,(H,31,36). The summed E-state index contributed by atoms with van der Waals surface area (Å²) < 4.78 is 33.2. The number of hydrogen-bond acceptors (Lipinski definition) is 12. The van der Waals surface area contributed by atoms with Crippen LogP contribution in [0.5, 0.6) is 5.75 Å². The summed E-state index contributed by atoms with van der Waals surface area (Å²) in [6.45, 7) is 4.06. The van der Waals surface area contributed by atoms with E-state index in [1.807, 2.05) is 6.07 Å². The van der Waals surface area contributed by atoms with E-state index in [4.69, 9.17) is 28.4 Å². The number of nitrogens with zero attached hydrogens (tertiary/aromatic N) is 1. The van der Waals surface area contributed by atoms with E-state index in [9.17, 15) is 29.2 Å². The van der Waals surface area contributed by atoms with E-state index < -0.39 is 61.2 Å². The molecule has 13 heteroatoms. The number of nitriles is 1.